The lowest BCUT2D eigenvalue weighted by Crippen LogP contribution is -2.08. The maximum atomic E-state index is 12.6. The molecule has 0 spiro atoms. The molecule has 1 N–H and O–H groups in total. The van der Waals surface area contributed by atoms with E-state index in [-0.39, 0.29) is 5.69 Å². The Bertz CT molecular complexity index is 462. The topological polar surface area (TPSA) is 12.0 Å². The number of hydrogen-bond acceptors (Lipinski definition) is 2. The zero-order chi connectivity index (χ0) is 11.6. The molecule has 0 aliphatic rings. The van der Waals surface area contributed by atoms with Crippen molar-refractivity contribution >= 4 is 22.0 Å². The summed E-state index contributed by atoms with van der Waals surface area (Å²) in [4.78, 5) is 0. The summed E-state index contributed by atoms with van der Waals surface area (Å²) in [5.41, 5.74) is -0.569. The first-order valence-corrected chi connectivity index (χ1v) is 5.42. The molecule has 1 heterocycles. The number of nitrogens with one attached hydrogen (secondary N) is 1. The number of para-hydroxylation sites is 1. The van der Waals surface area contributed by atoms with Crippen LogP contribution < -0.4 is 5.32 Å². The highest BCUT2D eigenvalue weighted by atomic mass is 32.1. The first-order valence-electron chi connectivity index (χ1n) is 4.54. The quantitative estimate of drug-likeness (QED) is 0.818. The molecule has 1 nitrogen and oxygen atoms in total. The summed E-state index contributed by atoms with van der Waals surface area (Å²) < 4.78 is 37.9. The largest absolute Gasteiger partial charge is 0.418 e. The second kappa shape index (κ2) is 4.17. The molecule has 0 fully saturated rings. The van der Waals surface area contributed by atoms with E-state index in [1.807, 2.05) is 0 Å². The van der Waals surface area contributed by atoms with Crippen molar-refractivity contribution in [2.45, 2.75) is 6.18 Å². The average molecular weight is 243 g/mol. The molecule has 0 aliphatic heterocycles. The van der Waals surface area contributed by atoms with Gasteiger partial charge in [0.1, 0.15) is 0 Å². The predicted molar refractivity (Wildman–Crippen MR) is 59.0 cm³/mol. The van der Waals surface area contributed by atoms with Crippen molar-refractivity contribution in [2.24, 2.45) is 0 Å². The summed E-state index contributed by atoms with van der Waals surface area (Å²) in [5.74, 6) is 0. The predicted octanol–water partition coefficient (Wildman–Crippen LogP) is 4.51. The Balaban J connectivity index is 2.34. The molecule has 2 rings (SSSR count). The van der Waals surface area contributed by atoms with E-state index >= 15 is 0 Å². The first kappa shape index (κ1) is 11.0. The molecule has 1 aromatic heterocycles. The zero-order valence-corrected chi connectivity index (χ0v) is 8.90. The maximum Gasteiger partial charge on any atom is 0.418 e. The SMILES string of the molecule is FC(F)(F)c1ccccc1Nc1cccs1. The Hall–Kier alpha value is -1.49. The van der Waals surface area contributed by atoms with E-state index in [9.17, 15) is 13.2 Å². The monoisotopic (exact) mass is 243 g/mol. The molecule has 0 saturated carbocycles. The Morgan fingerprint density at radius 1 is 1.00 bits per heavy atom. The third-order valence-corrected chi connectivity index (χ3v) is 2.80. The van der Waals surface area contributed by atoms with Gasteiger partial charge in [0.15, 0.2) is 0 Å². The van der Waals surface area contributed by atoms with Crippen LogP contribution in [0.2, 0.25) is 0 Å². The fraction of sp³-hybridized carbons (Fsp3) is 0.0909. The summed E-state index contributed by atoms with van der Waals surface area (Å²) in [6.07, 6.45) is -4.33. The van der Waals surface area contributed by atoms with Gasteiger partial charge in [0.05, 0.1) is 16.3 Å². The summed E-state index contributed by atoms with van der Waals surface area (Å²) in [6.45, 7) is 0. The highest BCUT2D eigenvalue weighted by Crippen LogP contribution is 2.36. The lowest BCUT2D eigenvalue weighted by molar-refractivity contribution is -0.136. The minimum atomic E-state index is -4.33. The van der Waals surface area contributed by atoms with Crippen LogP contribution in [0.15, 0.2) is 41.8 Å². The Morgan fingerprint density at radius 2 is 1.75 bits per heavy atom. The lowest BCUT2D eigenvalue weighted by atomic mass is 10.1. The van der Waals surface area contributed by atoms with E-state index < -0.39 is 11.7 Å². The number of benzene rings is 1. The van der Waals surface area contributed by atoms with Crippen molar-refractivity contribution in [3.8, 4) is 0 Å². The first-order chi connectivity index (χ1) is 7.57. The van der Waals surface area contributed by atoms with E-state index in [4.69, 9.17) is 0 Å². The standard InChI is InChI=1S/C11H8F3NS/c12-11(13,14)8-4-1-2-5-9(8)15-10-6-3-7-16-10/h1-7,15H. The van der Waals surface area contributed by atoms with Crippen LogP contribution in [0.1, 0.15) is 5.56 Å². The highest BCUT2D eigenvalue weighted by molar-refractivity contribution is 7.14. The third-order valence-electron chi connectivity index (χ3n) is 2.01. The van der Waals surface area contributed by atoms with Gasteiger partial charge in [0.25, 0.3) is 0 Å². The average Bonchev–Trinajstić information content (AvgIpc) is 2.70. The number of alkyl halides is 3. The zero-order valence-electron chi connectivity index (χ0n) is 8.08. The number of anilines is 2. The Morgan fingerprint density at radius 3 is 2.38 bits per heavy atom. The second-order valence-electron chi connectivity index (χ2n) is 3.15. The molecule has 84 valence electrons. The smallest absolute Gasteiger partial charge is 0.347 e. The summed E-state index contributed by atoms with van der Waals surface area (Å²) in [7, 11) is 0. The molecule has 5 heteroatoms. The number of halogens is 3. The molecule has 16 heavy (non-hydrogen) atoms. The van der Waals surface area contributed by atoms with Gasteiger partial charge in [-0.15, -0.1) is 11.3 Å². The van der Waals surface area contributed by atoms with Crippen LogP contribution >= 0.6 is 11.3 Å². The molecular formula is C11H8F3NS. The minimum absolute atomic E-state index is 0.0810. The van der Waals surface area contributed by atoms with Gasteiger partial charge < -0.3 is 5.32 Å². The van der Waals surface area contributed by atoms with Gasteiger partial charge >= 0.3 is 6.18 Å². The van der Waals surface area contributed by atoms with E-state index in [0.29, 0.717) is 5.00 Å². The summed E-state index contributed by atoms with van der Waals surface area (Å²) in [6, 6.07) is 8.95. The Labute approximate surface area is 94.5 Å². The van der Waals surface area contributed by atoms with Crippen LogP contribution in [-0.2, 0) is 6.18 Å². The molecule has 2 aromatic rings. The number of thiophene rings is 1. The molecular weight excluding hydrogens is 235 g/mol. The molecule has 0 atom stereocenters. The Kier molecular flexibility index (Phi) is 2.87. The third kappa shape index (κ3) is 2.36. The van der Waals surface area contributed by atoms with Crippen molar-refractivity contribution < 1.29 is 13.2 Å². The molecule has 1 aromatic carbocycles. The fourth-order valence-electron chi connectivity index (χ4n) is 1.32. The van der Waals surface area contributed by atoms with Gasteiger partial charge in [0, 0.05) is 0 Å². The van der Waals surface area contributed by atoms with Crippen LogP contribution in [0.4, 0.5) is 23.9 Å². The second-order valence-corrected chi connectivity index (χ2v) is 4.09. The van der Waals surface area contributed by atoms with Crippen LogP contribution in [0, 0.1) is 0 Å². The van der Waals surface area contributed by atoms with Crippen LogP contribution in [0.5, 0.6) is 0 Å². The van der Waals surface area contributed by atoms with E-state index in [1.165, 1.54) is 23.5 Å². The molecule has 0 bridgehead atoms. The van der Waals surface area contributed by atoms with Crippen LogP contribution in [0.3, 0.4) is 0 Å². The van der Waals surface area contributed by atoms with Gasteiger partial charge in [-0.3, -0.25) is 0 Å². The van der Waals surface area contributed by atoms with Crippen molar-refractivity contribution in [2.75, 3.05) is 5.32 Å². The molecule has 0 aliphatic carbocycles. The van der Waals surface area contributed by atoms with Gasteiger partial charge in [-0.2, -0.15) is 13.2 Å². The summed E-state index contributed by atoms with van der Waals surface area (Å²) >= 11 is 1.36. The maximum absolute atomic E-state index is 12.6. The molecule has 0 unspecified atom stereocenters. The minimum Gasteiger partial charge on any atom is -0.347 e. The van der Waals surface area contributed by atoms with Crippen molar-refractivity contribution in [3.63, 3.8) is 0 Å². The summed E-state index contributed by atoms with van der Waals surface area (Å²) in [5, 5.41) is 5.25. The van der Waals surface area contributed by atoms with Gasteiger partial charge in [0.2, 0.25) is 0 Å². The van der Waals surface area contributed by atoms with Crippen molar-refractivity contribution in [1.29, 1.82) is 0 Å². The fourth-order valence-corrected chi connectivity index (χ4v) is 1.95. The van der Waals surface area contributed by atoms with Gasteiger partial charge in [-0.05, 0) is 29.6 Å². The molecule has 0 amide bonds. The normalized spacial score (nSPS) is 11.4. The molecule has 0 saturated heterocycles. The van der Waals surface area contributed by atoms with Crippen LogP contribution in [0.25, 0.3) is 0 Å². The van der Waals surface area contributed by atoms with Gasteiger partial charge in [-0.1, -0.05) is 12.1 Å². The van der Waals surface area contributed by atoms with Gasteiger partial charge in [-0.25, -0.2) is 0 Å². The molecule has 0 radical (unpaired) electrons. The lowest BCUT2D eigenvalue weighted by Gasteiger charge is -2.12. The van der Waals surface area contributed by atoms with Crippen molar-refractivity contribution in [1.82, 2.24) is 0 Å². The van der Waals surface area contributed by atoms with Crippen LogP contribution in [-0.4, -0.2) is 0 Å². The number of hydrogen-bond donors (Lipinski definition) is 1. The van der Waals surface area contributed by atoms with E-state index in [1.54, 1.807) is 23.6 Å². The van der Waals surface area contributed by atoms with E-state index in [0.717, 1.165) is 6.07 Å². The highest BCUT2D eigenvalue weighted by Gasteiger charge is 2.33. The number of rotatable bonds is 2. The van der Waals surface area contributed by atoms with Crippen molar-refractivity contribution in [3.05, 3.63) is 47.3 Å². The van der Waals surface area contributed by atoms with E-state index in [2.05, 4.69) is 5.32 Å².